The zero-order valence-corrected chi connectivity index (χ0v) is 11.1. The van der Waals surface area contributed by atoms with E-state index in [9.17, 15) is 4.39 Å². The average molecular weight is 266 g/mol. The van der Waals surface area contributed by atoms with Gasteiger partial charge in [0, 0.05) is 23.5 Å². The van der Waals surface area contributed by atoms with Crippen LogP contribution in [0.2, 0.25) is 0 Å². The number of hydrogen-bond donors (Lipinski definition) is 1. The lowest BCUT2D eigenvalue weighted by molar-refractivity contribution is 0.588. The number of aromatic nitrogens is 3. The van der Waals surface area contributed by atoms with Gasteiger partial charge < -0.3 is 10.3 Å². The Morgan fingerprint density at radius 3 is 2.89 bits per heavy atom. The van der Waals surface area contributed by atoms with E-state index in [1.807, 2.05) is 20.0 Å². The van der Waals surface area contributed by atoms with Crippen LogP contribution in [0.3, 0.4) is 0 Å². The molecule has 1 heterocycles. The molecule has 0 aliphatic carbocycles. The van der Waals surface area contributed by atoms with Crippen LogP contribution in [0.15, 0.2) is 34.6 Å². The molecule has 0 radical (unpaired) electrons. The van der Waals surface area contributed by atoms with Crippen LogP contribution in [0.25, 0.3) is 0 Å². The van der Waals surface area contributed by atoms with E-state index in [1.54, 1.807) is 17.0 Å². The van der Waals surface area contributed by atoms with Gasteiger partial charge in [-0.2, -0.15) is 0 Å². The van der Waals surface area contributed by atoms with Gasteiger partial charge in [-0.05, 0) is 37.2 Å². The van der Waals surface area contributed by atoms with Crippen LogP contribution >= 0.6 is 11.8 Å². The van der Waals surface area contributed by atoms with Crippen molar-refractivity contribution in [2.24, 2.45) is 12.8 Å². The summed E-state index contributed by atoms with van der Waals surface area (Å²) in [5.41, 5.74) is 6.40. The molecular weight excluding hydrogens is 251 g/mol. The predicted molar refractivity (Wildman–Crippen MR) is 68.9 cm³/mol. The summed E-state index contributed by atoms with van der Waals surface area (Å²) in [5.74, 6) is -0.223. The number of nitrogens with zero attached hydrogens (tertiary/aromatic N) is 3. The molecule has 2 N–H and O–H groups in total. The monoisotopic (exact) mass is 266 g/mol. The molecule has 0 fully saturated rings. The van der Waals surface area contributed by atoms with E-state index >= 15 is 0 Å². The van der Waals surface area contributed by atoms with E-state index in [2.05, 4.69) is 10.2 Å². The lowest BCUT2D eigenvalue weighted by Gasteiger charge is -2.11. The third-order valence-corrected chi connectivity index (χ3v) is 3.63. The maximum absolute atomic E-state index is 13.8. The van der Waals surface area contributed by atoms with Gasteiger partial charge in [0.1, 0.15) is 12.1 Å². The number of halogens is 1. The molecule has 2 rings (SSSR count). The molecular formula is C12H15FN4S. The topological polar surface area (TPSA) is 56.7 Å². The fourth-order valence-corrected chi connectivity index (χ4v) is 2.54. The summed E-state index contributed by atoms with van der Waals surface area (Å²) in [6.07, 6.45) is 2.12. The third-order valence-electron chi connectivity index (χ3n) is 2.47. The number of hydrogen-bond acceptors (Lipinski definition) is 4. The highest BCUT2D eigenvalue weighted by Crippen LogP contribution is 2.30. The lowest BCUT2D eigenvalue weighted by atomic mass is 10.1. The van der Waals surface area contributed by atoms with Crippen molar-refractivity contribution in [2.75, 3.05) is 0 Å². The Morgan fingerprint density at radius 1 is 1.50 bits per heavy atom. The second kappa shape index (κ2) is 5.49. The molecule has 0 aliphatic heterocycles. The van der Waals surface area contributed by atoms with E-state index in [0.717, 1.165) is 10.1 Å². The summed E-state index contributed by atoms with van der Waals surface area (Å²) in [5, 5.41) is 8.52. The van der Waals surface area contributed by atoms with Crippen LogP contribution < -0.4 is 5.73 Å². The highest BCUT2D eigenvalue weighted by Gasteiger charge is 2.13. The van der Waals surface area contributed by atoms with Crippen molar-refractivity contribution >= 4 is 11.8 Å². The van der Waals surface area contributed by atoms with Gasteiger partial charge in [-0.25, -0.2) is 4.39 Å². The molecule has 1 unspecified atom stereocenters. The smallest absolute Gasteiger partial charge is 0.195 e. The average Bonchev–Trinajstić information content (AvgIpc) is 2.69. The summed E-state index contributed by atoms with van der Waals surface area (Å²) in [6, 6.07) is 4.94. The molecule has 96 valence electrons. The molecule has 2 aromatic rings. The Bertz CT molecular complexity index is 539. The Morgan fingerprint density at radius 2 is 2.28 bits per heavy atom. The van der Waals surface area contributed by atoms with Crippen molar-refractivity contribution in [2.45, 2.75) is 29.4 Å². The van der Waals surface area contributed by atoms with Gasteiger partial charge in [-0.15, -0.1) is 10.2 Å². The van der Waals surface area contributed by atoms with Crippen molar-refractivity contribution in [3.63, 3.8) is 0 Å². The van der Waals surface area contributed by atoms with Crippen molar-refractivity contribution in [1.82, 2.24) is 14.8 Å². The Hall–Kier alpha value is -1.40. The fourth-order valence-electron chi connectivity index (χ4n) is 1.62. The van der Waals surface area contributed by atoms with Crippen LogP contribution in [0.4, 0.5) is 4.39 Å². The zero-order valence-electron chi connectivity index (χ0n) is 10.3. The molecule has 1 aromatic carbocycles. The minimum Gasteiger partial charge on any atom is -0.328 e. The Balaban J connectivity index is 2.32. The fraction of sp³-hybridized carbons (Fsp3) is 0.333. The van der Waals surface area contributed by atoms with Crippen LogP contribution in [0.1, 0.15) is 12.5 Å². The first-order valence-electron chi connectivity index (χ1n) is 5.62. The van der Waals surface area contributed by atoms with E-state index in [0.29, 0.717) is 12.0 Å². The minimum atomic E-state index is -0.223. The highest BCUT2D eigenvalue weighted by atomic mass is 32.2. The van der Waals surface area contributed by atoms with E-state index in [4.69, 9.17) is 5.73 Å². The molecule has 0 bridgehead atoms. The Labute approximate surface area is 109 Å². The van der Waals surface area contributed by atoms with Gasteiger partial charge in [-0.1, -0.05) is 6.07 Å². The normalized spacial score (nSPS) is 12.7. The summed E-state index contributed by atoms with van der Waals surface area (Å²) in [6.45, 7) is 1.86. The predicted octanol–water partition coefficient (Wildman–Crippen LogP) is 2.00. The summed E-state index contributed by atoms with van der Waals surface area (Å²) < 4.78 is 15.6. The van der Waals surface area contributed by atoms with E-state index in [-0.39, 0.29) is 11.9 Å². The molecule has 0 saturated carbocycles. The molecule has 4 nitrogen and oxygen atoms in total. The molecule has 0 spiro atoms. The molecule has 6 heteroatoms. The quantitative estimate of drug-likeness (QED) is 0.919. The number of nitrogens with two attached hydrogens (primary N) is 1. The second-order valence-electron chi connectivity index (χ2n) is 4.22. The summed E-state index contributed by atoms with van der Waals surface area (Å²) >= 11 is 1.40. The molecule has 0 amide bonds. The minimum absolute atomic E-state index is 0.0826. The van der Waals surface area contributed by atoms with Crippen LogP contribution in [-0.2, 0) is 13.5 Å². The van der Waals surface area contributed by atoms with Gasteiger partial charge >= 0.3 is 0 Å². The van der Waals surface area contributed by atoms with Crippen LogP contribution in [-0.4, -0.2) is 20.8 Å². The summed E-state index contributed by atoms with van der Waals surface area (Å²) in [4.78, 5) is 0.836. The van der Waals surface area contributed by atoms with Crippen molar-refractivity contribution in [3.05, 3.63) is 35.9 Å². The molecule has 1 aromatic heterocycles. The summed E-state index contributed by atoms with van der Waals surface area (Å²) in [7, 11) is 1.85. The molecule has 0 aliphatic rings. The number of rotatable bonds is 4. The Kier molecular flexibility index (Phi) is 3.98. The second-order valence-corrected chi connectivity index (χ2v) is 5.23. The SMILES string of the molecule is CC(N)Cc1c(F)cccc1Sc1nncn1C. The maximum Gasteiger partial charge on any atom is 0.195 e. The van der Waals surface area contributed by atoms with E-state index in [1.165, 1.54) is 17.8 Å². The lowest BCUT2D eigenvalue weighted by Crippen LogP contribution is -2.19. The van der Waals surface area contributed by atoms with Crippen molar-refractivity contribution in [3.8, 4) is 0 Å². The zero-order chi connectivity index (χ0) is 13.1. The van der Waals surface area contributed by atoms with Gasteiger partial charge in [0.05, 0.1) is 0 Å². The molecule has 1 atom stereocenters. The van der Waals surface area contributed by atoms with E-state index < -0.39 is 0 Å². The highest BCUT2D eigenvalue weighted by molar-refractivity contribution is 7.99. The van der Waals surface area contributed by atoms with Gasteiger partial charge in [0.15, 0.2) is 5.16 Å². The first-order valence-corrected chi connectivity index (χ1v) is 6.44. The van der Waals surface area contributed by atoms with Gasteiger partial charge in [0.2, 0.25) is 0 Å². The van der Waals surface area contributed by atoms with Gasteiger partial charge in [0.25, 0.3) is 0 Å². The third kappa shape index (κ3) is 2.88. The number of benzene rings is 1. The van der Waals surface area contributed by atoms with Crippen LogP contribution in [0, 0.1) is 5.82 Å². The van der Waals surface area contributed by atoms with Crippen molar-refractivity contribution in [1.29, 1.82) is 0 Å². The number of aryl methyl sites for hydroxylation is 1. The standard InChI is InChI=1S/C12H15FN4S/c1-8(14)6-9-10(13)4-3-5-11(9)18-12-16-15-7-17(12)2/h3-5,7-8H,6,14H2,1-2H3. The first kappa shape index (κ1) is 13.0. The first-order chi connectivity index (χ1) is 8.58. The molecule has 0 saturated heterocycles. The largest absolute Gasteiger partial charge is 0.328 e. The van der Waals surface area contributed by atoms with Crippen LogP contribution in [0.5, 0.6) is 0 Å². The van der Waals surface area contributed by atoms with Crippen molar-refractivity contribution < 1.29 is 4.39 Å². The maximum atomic E-state index is 13.8. The molecule has 18 heavy (non-hydrogen) atoms. The van der Waals surface area contributed by atoms with Gasteiger partial charge in [-0.3, -0.25) is 0 Å².